The van der Waals surface area contributed by atoms with Gasteiger partial charge in [0, 0.05) is 26.2 Å². The summed E-state index contributed by atoms with van der Waals surface area (Å²) in [4.78, 5) is 0. The van der Waals surface area contributed by atoms with E-state index in [4.69, 9.17) is 4.74 Å². The van der Waals surface area contributed by atoms with Gasteiger partial charge < -0.3 is 15.4 Å². The number of hydrogen-bond donors (Lipinski definition) is 2. The average molecular weight is 186 g/mol. The lowest BCUT2D eigenvalue weighted by Gasteiger charge is -2.24. The number of ether oxygens (including phenoxy) is 1. The van der Waals surface area contributed by atoms with Gasteiger partial charge in [-0.3, -0.25) is 0 Å². The molecule has 1 heterocycles. The first kappa shape index (κ1) is 11.0. The van der Waals surface area contributed by atoms with Gasteiger partial charge in [0.1, 0.15) is 0 Å². The van der Waals surface area contributed by atoms with E-state index in [1.165, 1.54) is 19.4 Å². The van der Waals surface area contributed by atoms with Crippen molar-refractivity contribution in [3.63, 3.8) is 0 Å². The molecule has 1 saturated heterocycles. The highest BCUT2D eigenvalue weighted by atomic mass is 16.5. The third-order valence-corrected chi connectivity index (χ3v) is 2.66. The quantitative estimate of drug-likeness (QED) is 0.665. The van der Waals surface area contributed by atoms with Crippen LogP contribution >= 0.6 is 0 Å². The van der Waals surface area contributed by atoms with E-state index in [0.29, 0.717) is 6.04 Å². The molecule has 1 atom stereocenters. The largest absolute Gasteiger partial charge is 0.377 e. The van der Waals surface area contributed by atoms with Gasteiger partial charge in [-0.15, -0.1) is 0 Å². The molecule has 2 N–H and O–H groups in total. The van der Waals surface area contributed by atoms with Crippen LogP contribution in [0.2, 0.25) is 0 Å². The van der Waals surface area contributed by atoms with Crippen LogP contribution in [0.1, 0.15) is 26.7 Å². The molecule has 3 heteroatoms. The summed E-state index contributed by atoms with van der Waals surface area (Å²) in [7, 11) is 1.76. The molecule has 1 unspecified atom stereocenters. The molecule has 0 amide bonds. The number of rotatable bonds is 5. The molecule has 1 aliphatic heterocycles. The summed E-state index contributed by atoms with van der Waals surface area (Å²) in [5.41, 5.74) is -0.0431. The minimum atomic E-state index is -0.0431. The van der Waals surface area contributed by atoms with Crippen molar-refractivity contribution in [2.24, 2.45) is 0 Å². The maximum atomic E-state index is 5.32. The van der Waals surface area contributed by atoms with Crippen LogP contribution in [0.15, 0.2) is 0 Å². The Bertz CT molecular complexity index is 142. The van der Waals surface area contributed by atoms with Crippen molar-refractivity contribution in [2.45, 2.75) is 38.3 Å². The molecule has 0 radical (unpaired) electrons. The molecular weight excluding hydrogens is 164 g/mol. The van der Waals surface area contributed by atoms with E-state index in [2.05, 4.69) is 24.5 Å². The maximum absolute atomic E-state index is 5.32. The predicted molar refractivity (Wildman–Crippen MR) is 55.0 cm³/mol. The SMILES string of the molecule is COC(C)(C)CNCC1CCCN1. The first-order valence-corrected chi connectivity index (χ1v) is 5.13. The Labute approximate surface area is 81.2 Å². The molecule has 1 fully saturated rings. The molecule has 0 bridgehead atoms. The Morgan fingerprint density at radius 1 is 1.54 bits per heavy atom. The van der Waals surface area contributed by atoms with Crippen LogP contribution in [-0.2, 0) is 4.74 Å². The zero-order valence-electron chi connectivity index (χ0n) is 9.02. The van der Waals surface area contributed by atoms with Crippen LogP contribution in [0.4, 0.5) is 0 Å². The van der Waals surface area contributed by atoms with Crippen molar-refractivity contribution < 1.29 is 4.74 Å². The second-order valence-electron chi connectivity index (χ2n) is 4.39. The topological polar surface area (TPSA) is 33.3 Å². The lowest BCUT2D eigenvalue weighted by Crippen LogP contribution is -2.42. The average Bonchev–Trinajstić information content (AvgIpc) is 2.57. The van der Waals surface area contributed by atoms with Crippen molar-refractivity contribution in [2.75, 3.05) is 26.7 Å². The molecule has 1 aliphatic rings. The van der Waals surface area contributed by atoms with E-state index < -0.39 is 0 Å². The minimum absolute atomic E-state index is 0.0431. The van der Waals surface area contributed by atoms with Crippen LogP contribution in [0.25, 0.3) is 0 Å². The Morgan fingerprint density at radius 2 is 2.31 bits per heavy atom. The van der Waals surface area contributed by atoms with E-state index in [1.54, 1.807) is 7.11 Å². The Morgan fingerprint density at radius 3 is 2.85 bits per heavy atom. The minimum Gasteiger partial charge on any atom is -0.377 e. The van der Waals surface area contributed by atoms with E-state index in [0.717, 1.165) is 13.1 Å². The highest BCUT2D eigenvalue weighted by Crippen LogP contribution is 2.06. The third kappa shape index (κ3) is 4.07. The number of methoxy groups -OCH3 is 1. The Kier molecular flexibility index (Phi) is 4.16. The molecule has 0 aromatic heterocycles. The van der Waals surface area contributed by atoms with Crippen LogP contribution in [-0.4, -0.2) is 38.4 Å². The van der Waals surface area contributed by atoms with Gasteiger partial charge in [0.15, 0.2) is 0 Å². The van der Waals surface area contributed by atoms with Crippen molar-refractivity contribution in [3.05, 3.63) is 0 Å². The van der Waals surface area contributed by atoms with Crippen LogP contribution < -0.4 is 10.6 Å². The summed E-state index contributed by atoms with van der Waals surface area (Å²) in [6, 6.07) is 0.674. The molecule has 3 nitrogen and oxygen atoms in total. The second-order valence-corrected chi connectivity index (χ2v) is 4.39. The monoisotopic (exact) mass is 186 g/mol. The van der Waals surface area contributed by atoms with E-state index in [9.17, 15) is 0 Å². The predicted octanol–water partition coefficient (Wildman–Crippen LogP) is 0.753. The Balaban J connectivity index is 2.06. The fourth-order valence-electron chi connectivity index (χ4n) is 1.55. The molecule has 0 aliphatic carbocycles. The van der Waals surface area contributed by atoms with Gasteiger partial charge in [-0.1, -0.05) is 0 Å². The van der Waals surface area contributed by atoms with E-state index >= 15 is 0 Å². The Hall–Kier alpha value is -0.120. The number of nitrogens with one attached hydrogen (secondary N) is 2. The molecule has 0 aromatic rings. The van der Waals surface area contributed by atoms with Gasteiger partial charge in [0.25, 0.3) is 0 Å². The highest BCUT2D eigenvalue weighted by molar-refractivity contribution is 4.78. The summed E-state index contributed by atoms with van der Waals surface area (Å²) >= 11 is 0. The maximum Gasteiger partial charge on any atom is 0.0746 e. The summed E-state index contributed by atoms with van der Waals surface area (Å²) < 4.78 is 5.32. The van der Waals surface area contributed by atoms with Gasteiger partial charge in [-0.05, 0) is 33.2 Å². The molecular formula is C10H22N2O. The smallest absolute Gasteiger partial charge is 0.0746 e. The van der Waals surface area contributed by atoms with Crippen molar-refractivity contribution in [1.29, 1.82) is 0 Å². The number of hydrogen-bond acceptors (Lipinski definition) is 3. The summed E-state index contributed by atoms with van der Waals surface area (Å²) in [5, 5.41) is 6.89. The van der Waals surface area contributed by atoms with Gasteiger partial charge in [-0.2, -0.15) is 0 Å². The highest BCUT2D eigenvalue weighted by Gasteiger charge is 2.18. The first-order valence-electron chi connectivity index (χ1n) is 5.13. The molecule has 0 aromatic carbocycles. The van der Waals surface area contributed by atoms with Gasteiger partial charge in [-0.25, -0.2) is 0 Å². The molecule has 0 spiro atoms. The third-order valence-electron chi connectivity index (χ3n) is 2.66. The lowest BCUT2D eigenvalue weighted by molar-refractivity contribution is 0.0231. The normalized spacial score (nSPS) is 23.8. The van der Waals surface area contributed by atoms with Crippen molar-refractivity contribution in [1.82, 2.24) is 10.6 Å². The molecule has 78 valence electrons. The summed E-state index contributed by atoms with van der Waals surface area (Å²) in [6.45, 7) is 7.36. The van der Waals surface area contributed by atoms with Crippen molar-refractivity contribution >= 4 is 0 Å². The van der Waals surface area contributed by atoms with E-state index in [-0.39, 0.29) is 5.60 Å². The van der Waals surface area contributed by atoms with Crippen LogP contribution in [0.3, 0.4) is 0 Å². The molecule has 0 saturated carbocycles. The second kappa shape index (κ2) is 4.94. The molecule has 13 heavy (non-hydrogen) atoms. The fourth-order valence-corrected chi connectivity index (χ4v) is 1.55. The van der Waals surface area contributed by atoms with Gasteiger partial charge >= 0.3 is 0 Å². The molecule has 1 rings (SSSR count). The van der Waals surface area contributed by atoms with Crippen LogP contribution in [0, 0.1) is 0 Å². The lowest BCUT2D eigenvalue weighted by atomic mass is 10.1. The summed E-state index contributed by atoms with van der Waals surface area (Å²) in [5.74, 6) is 0. The zero-order chi connectivity index (χ0) is 9.73. The standard InChI is InChI=1S/C10H22N2O/c1-10(2,13-3)8-11-7-9-5-4-6-12-9/h9,11-12H,4-8H2,1-3H3. The first-order chi connectivity index (χ1) is 6.14. The van der Waals surface area contributed by atoms with Gasteiger partial charge in [0.05, 0.1) is 5.60 Å². The zero-order valence-corrected chi connectivity index (χ0v) is 9.02. The van der Waals surface area contributed by atoms with Crippen LogP contribution in [0.5, 0.6) is 0 Å². The fraction of sp³-hybridized carbons (Fsp3) is 1.00. The van der Waals surface area contributed by atoms with E-state index in [1.807, 2.05) is 0 Å². The summed E-state index contributed by atoms with van der Waals surface area (Å²) in [6.07, 6.45) is 2.63. The van der Waals surface area contributed by atoms with Crippen molar-refractivity contribution in [3.8, 4) is 0 Å². The van der Waals surface area contributed by atoms with Gasteiger partial charge in [0.2, 0.25) is 0 Å².